The molecular weight excluding hydrogens is 191 g/mol. The number of carbonyl (C=O) groups excluding carboxylic acids is 1. The maximum Gasteiger partial charge on any atom is 0.130 e. The lowest BCUT2D eigenvalue weighted by Crippen LogP contribution is -2.12. The van der Waals surface area contributed by atoms with Gasteiger partial charge in [0, 0.05) is 6.42 Å². The van der Waals surface area contributed by atoms with Gasteiger partial charge in [0.15, 0.2) is 0 Å². The monoisotopic (exact) mass is 208 g/mol. The molecule has 0 aliphatic rings. The molecule has 0 heterocycles. The maximum absolute atomic E-state index is 13.5. The minimum atomic E-state index is -0.211. The summed E-state index contributed by atoms with van der Waals surface area (Å²) in [7, 11) is 0. The highest BCUT2D eigenvalue weighted by Crippen LogP contribution is 2.29. The van der Waals surface area contributed by atoms with Crippen molar-refractivity contribution in [3.05, 3.63) is 35.6 Å². The molecule has 0 N–H and O–H groups in total. The van der Waals surface area contributed by atoms with Crippen molar-refractivity contribution in [2.24, 2.45) is 5.92 Å². The number of ketones is 1. The quantitative estimate of drug-likeness (QED) is 0.739. The molecule has 0 saturated heterocycles. The van der Waals surface area contributed by atoms with E-state index in [0.29, 0.717) is 12.0 Å². The first kappa shape index (κ1) is 11.9. The molecule has 15 heavy (non-hydrogen) atoms. The molecule has 0 radical (unpaired) electrons. The van der Waals surface area contributed by atoms with Crippen LogP contribution in [-0.4, -0.2) is 5.78 Å². The van der Waals surface area contributed by atoms with E-state index < -0.39 is 0 Å². The molecule has 82 valence electrons. The first-order valence-electron chi connectivity index (χ1n) is 5.26. The number of halogens is 1. The van der Waals surface area contributed by atoms with E-state index in [0.717, 1.165) is 0 Å². The van der Waals surface area contributed by atoms with Gasteiger partial charge in [-0.25, -0.2) is 4.39 Å². The van der Waals surface area contributed by atoms with Gasteiger partial charge in [-0.1, -0.05) is 32.0 Å². The molecule has 0 bridgehead atoms. The number of Topliss-reactive ketones (excluding diaryl/α,β-unsaturated/α-hetero) is 1. The molecule has 0 amide bonds. The van der Waals surface area contributed by atoms with Crippen molar-refractivity contribution >= 4 is 5.78 Å². The summed E-state index contributed by atoms with van der Waals surface area (Å²) in [6.45, 7) is 5.58. The van der Waals surface area contributed by atoms with Gasteiger partial charge in [0.2, 0.25) is 0 Å². The van der Waals surface area contributed by atoms with E-state index >= 15 is 0 Å². The summed E-state index contributed by atoms with van der Waals surface area (Å²) in [6, 6.07) is 6.70. The average molecular weight is 208 g/mol. The molecule has 0 fully saturated rings. The van der Waals surface area contributed by atoms with Crippen LogP contribution in [0, 0.1) is 11.7 Å². The lowest BCUT2D eigenvalue weighted by atomic mass is 9.84. The van der Waals surface area contributed by atoms with Crippen molar-refractivity contribution in [3.63, 3.8) is 0 Å². The zero-order valence-electron chi connectivity index (χ0n) is 9.46. The minimum Gasteiger partial charge on any atom is -0.300 e. The smallest absolute Gasteiger partial charge is 0.130 e. The van der Waals surface area contributed by atoms with E-state index in [1.807, 2.05) is 19.9 Å². The predicted molar refractivity (Wildman–Crippen MR) is 59.3 cm³/mol. The zero-order chi connectivity index (χ0) is 11.4. The van der Waals surface area contributed by atoms with Gasteiger partial charge in [0.05, 0.1) is 0 Å². The van der Waals surface area contributed by atoms with Crippen LogP contribution in [0.2, 0.25) is 0 Å². The van der Waals surface area contributed by atoms with Crippen LogP contribution in [0.3, 0.4) is 0 Å². The molecule has 0 aliphatic carbocycles. The Morgan fingerprint density at radius 2 is 1.93 bits per heavy atom. The summed E-state index contributed by atoms with van der Waals surface area (Å²) in [4.78, 5) is 11.1. The van der Waals surface area contributed by atoms with Gasteiger partial charge in [0.25, 0.3) is 0 Å². The lowest BCUT2D eigenvalue weighted by molar-refractivity contribution is -0.117. The second-order valence-corrected chi connectivity index (χ2v) is 4.28. The van der Waals surface area contributed by atoms with Gasteiger partial charge in [-0.05, 0) is 30.4 Å². The summed E-state index contributed by atoms with van der Waals surface area (Å²) in [5.41, 5.74) is 0.655. The molecule has 0 aromatic heterocycles. The Hall–Kier alpha value is -1.18. The topological polar surface area (TPSA) is 17.1 Å². The van der Waals surface area contributed by atoms with Crippen molar-refractivity contribution < 1.29 is 9.18 Å². The van der Waals surface area contributed by atoms with Gasteiger partial charge >= 0.3 is 0 Å². The molecular formula is C13H17FO. The molecule has 0 aliphatic heterocycles. The van der Waals surface area contributed by atoms with E-state index in [9.17, 15) is 9.18 Å². The van der Waals surface area contributed by atoms with Gasteiger partial charge in [0.1, 0.15) is 11.6 Å². The summed E-state index contributed by atoms with van der Waals surface area (Å²) >= 11 is 0. The van der Waals surface area contributed by atoms with E-state index in [1.165, 1.54) is 6.07 Å². The van der Waals surface area contributed by atoms with Gasteiger partial charge in [-0.2, -0.15) is 0 Å². The number of benzene rings is 1. The van der Waals surface area contributed by atoms with Crippen LogP contribution in [0.5, 0.6) is 0 Å². The Kier molecular flexibility index (Phi) is 4.01. The first-order chi connectivity index (χ1) is 7.02. The Morgan fingerprint density at radius 1 is 1.33 bits per heavy atom. The fourth-order valence-corrected chi connectivity index (χ4v) is 1.79. The first-order valence-corrected chi connectivity index (χ1v) is 5.26. The van der Waals surface area contributed by atoms with Gasteiger partial charge in [-0.15, -0.1) is 0 Å². The third-order valence-corrected chi connectivity index (χ3v) is 2.62. The number of carbonyl (C=O) groups is 1. The van der Waals surface area contributed by atoms with E-state index in [-0.39, 0.29) is 23.4 Å². The third-order valence-electron chi connectivity index (χ3n) is 2.62. The van der Waals surface area contributed by atoms with Crippen molar-refractivity contribution in [2.75, 3.05) is 0 Å². The molecule has 1 nitrogen and oxygen atoms in total. The Labute approximate surface area is 90.3 Å². The third kappa shape index (κ3) is 3.15. The molecule has 1 aromatic rings. The second kappa shape index (κ2) is 5.06. The lowest BCUT2D eigenvalue weighted by Gasteiger charge is -2.20. The van der Waals surface area contributed by atoms with Crippen LogP contribution < -0.4 is 0 Å². The maximum atomic E-state index is 13.5. The van der Waals surface area contributed by atoms with E-state index in [2.05, 4.69) is 0 Å². The molecule has 0 spiro atoms. The fraction of sp³-hybridized carbons (Fsp3) is 0.462. The molecule has 1 rings (SSSR count). The normalized spacial score (nSPS) is 12.9. The highest BCUT2D eigenvalue weighted by molar-refractivity contribution is 5.76. The molecule has 0 saturated carbocycles. The standard InChI is InChI=1S/C13H17FO/c1-9(2)12(8-10(3)15)11-6-4-5-7-13(11)14/h4-7,9,12H,8H2,1-3H3. The Bertz CT molecular complexity index is 344. The summed E-state index contributed by atoms with van der Waals surface area (Å²) in [6.07, 6.45) is 0.415. The summed E-state index contributed by atoms with van der Waals surface area (Å²) in [5.74, 6) is 0.156. The second-order valence-electron chi connectivity index (χ2n) is 4.28. The van der Waals surface area contributed by atoms with E-state index in [4.69, 9.17) is 0 Å². The van der Waals surface area contributed by atoms with Crippen LogP contribution in [0.1, 0.15) is 38.7 Å². The van der Waals surface area contributed by atoms with Crippen LogP contribution >= 0.6 is 0 Å². The number of hydrogen-bond donors (Lipinski definition) is 0. The van der Waals surface area contributed by atoms with Crippen LogP contribution in [0.15, 0.2) is 24.3 Å². The van der Waals surface area contributed by atoms with Gasteiger partial charge in [-0.3, -0.25) is 0 Å². The highest BCUT2D eigenvalue weighted by Gasteiger charge is 2.20. The van der Waals surface area contributed by atoms with Crippen LogP contribution in [-0.2, 0) is 4.79 Å². The largest absolute Gasteiger partial charge is 0.300 e. The zero-order valence-corrected chi connectivity index (χ0v) is 9.46. The van der Waals surface area contributed by atoms with Crippen LogP contribution in [0.4, 0.5) is 4.39 Å². The average Bonchev–Trinajstić information content (AvgIpc) is 2.15. The van der Waals surface area contributed by atoms with Crippen molar-refractivity contribution in [2.45, 2.75) is 33.1 Å². The minimum absolute atomic E-state index is 0.0105. The fourth-order valence-electron chi connectivity index (χ4n) is 1.79. The molecule has 1 aromatic carbocycles. The van der Waals surface area contributed by atoms with Crippen molar-refractivity contribution in [1.82, 2.24) is 0 Å². The number of rotatable bonds is 4. The Morgan fingerprint density at radius 3 is 2.40 bits per heavy atom. The van der Waals surface area contributed by atoms with E-state index in [1.54, 1.807) is 19.1 Å². The molecule has 1 unspecified atom stereocenters. The number of hydrogen-bond acceptors (Lipinski definition) is 1. The van der Waals surface area contributed by atoms with Crippen LogP contribution in [0.25, 0.3) is 0 Å². The molecule has 1 atom stereocenters. The van der Waals surface area contributed by atoms with Crippen molar-refractivity contribution in [3.8, 4) is 0 Å². The Balaban J connectivity index is 2.99. The van der Waals surface area contributed by atoms with Crippen molar-refractivity contribution in [1.29, 1.82) is 0 Å². The molecule has 2 heteroatoms. The highest BCUT2D eigenvalue weighted by atomic mass is 19.1. The summed E-state index contributed by atoms with van der Waals surface area (Å²) in [5, 5.41) is 0. The summed E-state index contributed by atoms with van der Waals surface area (Å²) < 4.78 is 13.5. The SMILES string of the molecule is CC(=O)CC(c1ccccc1F)C(C)C. The van der Waals surface area contributed by atoms with Gasteiger partial charge < -0.3 is 4.79 Å². The predicted octanol–water partition coefficient (Wildman–Crippen LogP) is 3.54.